The van der Waals surface area contributed by atoms with Crippen molar-refractivity contribution in [3.05, 3.63) is 24.3 Å². The summed E-state index contributed by atoms with van der Waals surface area (Å²) in [5.74, 6) is -1.21. The van der Waals surface area contributed by atoms with E-state index in [1.165, 1.54) is 13.0 Å². The van der Waals surface area contributed by atoms with Gasteiger partial charge in [-0.1, -0.05) is 25.2 Å². The molecule has 0 radical (unpaired) electrons. The third-order valence-corrected chi connectivity index (χ3v) is 3.76. The Morgan fingerprint density at radius 1 is 1.48 bits per heavy atom. The summed E-state index contributed by atoms with van der Waals surface area (Å²) in [6.45, 7) is 0.422. The zero-order valence-electron chi connectivity index (χ0n) is 11.4. The second-order valence-corrected chi connectivity index (χ2v) is 5.25. The molecule has 0 aromatic heterocycles. The van der Waals surface area contributed by atoms with E-state index in [4.69, 9.17) is 4.74 Å². The van der Waals surface area contributed by atoms with Gasteiger partial charge < -0.3 is 4.74 Å². The minimum atomic E-state index is -4.58. The minimum Gasteiger partial charge on any atom is -0.351 e. The highest BCUT2D eigenvalue weighted by Crippen LogP contribution is 2.32. The number of likely N-dealkylation sites (tertiary alicyclic amines) is 1. The lowest BCUT2D eigenvalue weighted by Crippen LogP contribution is -2.56. The van der Waals surface area contributed by atoms with Crippen molar-refractivity contribution < 1.29 is 22.7 Å². The van der Waals surface area contributed by atoms with Crippen molar-refractivity contribution in [1.29, 1.82) is 5.26 Å². The third kappa shape index (κ3) is 3.34. The number of hydrogen-bond donors (Lipinski definition) is 0. The lowest BCUT2D eigenvalue weighted by molar-refractivity contribution is -0.261. The molecule has 0 saturated carbocycles. The average molecular weight is 300 g/mol. The number of hydrogen-bond acceptors (Lipinski definition) is 4. The predicted octanol–water partition coefficient (Wildman–Crippen LogP) is 2.19. The number of ether oxygens (including phenoxy) is 1. The molecule has 1 aliphatic heterocycles. The minimum absolute atomic E-state index is 0.132. The standard InChI is InChI=1S/C14H15F3N2O2/c1-10-11(20)7-19(14(15,16)17)8-12(10)21-13(9-18)5-3-2-4-6-13/h2-5,10,12H,6-8H2,1H3. The maximum Gasteiger partial charge on any atom is 0.460 e. The number of Topliss-reactive ketones (excluding diaryl/α,β-unsaturated/α-hetero) is 1. The van der Waals surface area contributed by atoms with Gasteiger partial charge in [0.15, 0.2) is 11.4 Å². The monoisotopic (exact) mass is 300 g/mol. The molecule has 0 spiro atoms. The first-order valence-electron chi connectivity index (χ1n) is 6.55. The normalized spacial score (nSPS) is 34.0. The molecule has 1 aliphatic carbocycles. The van der Waals surface area contributed by atoms with E-state index in [1.807, 2.05) is 6.07 Å². The summed E-state index contributed by atoms with van der Waals surface area (Å²) in [5.41, 5.74) is -1.30. The van der Waals surface area contributed by atoms with Gasteiger partial charge in [0.25, 0.3) is 0 Å². The predicted molar refractivity (Wildman–Crippen MR) is 67.9 cm³/mol. The molecule has 1 fully saturated rings. The molecular formula is C14H15F3N2O2. The first-order valence-corrected chi connectivity index (χ1v) is 6.55. The number of rotatable bonds is 2. The van der Waals surface area contributed by atoms with Crippen LogP contribution in [0.1, 0.15) is 13.3 Å². The van der Waals surface area contributed by atoms with Crippen LogP contribution in [-0.4, -0.2) is 41.8 Å². The highest BCUT2D eigenvalue weighted by Gasteiger charge is 2.47. The Labute approximate surface area is 120 Å². The van der Waals surface area contributed by atoms with Crippen LogP contribution < -0.4 is 0 Å². The Morgan fingerprint density at radius 3 is 2.71 bits per heavy atom. The van der Waals surface area contributed by atoms with Gasteiger partial charge in [0.05, 0.1) is 12.6 Å². The van der Waals surface area contributed by atoms with E-state index in [0.29, 0.717) is 0 Å². The van der Waals surface area contributed by atoms with E-state index in [9.17, 15) is 23.2 Å². The van der Waals surface area contributed by atoms with Crippen LogP contribution in [0.25, 0.3) is 0 Å². The molecule has 3 atom stereocenters. The van der Waals surface area contributed by atoms with Crippen molar-refractivity contribution in [2.24, 2.45) is 5.92 Å². The fourth-order valence-corrected chi connectivity index (χ4v) is 2.38. The summed E-state index contributed by atoms with van der Waals surface area (Å²) in [5, 5.41) is 9.27. The van der Waals surface area contributed by atoms with Gasteiger partial charge in [-0.25, -0.2) is 4.90 Å². The Kier molecular flexibility index (Phi) is 4.21. The summed E-state index contributed by atoms with van der Waals surface area (Å²) in [6, 6.07) is 1.98. The molecule has 2 aliphatic rings. The van der Waals surface area contributed by atoms with E-state index in [0.717, 1.165) is 0 Å². The number of alkyl halides is 3. The number of ketones is 1. The molecule has 2 rings (SSSR count). The fourth-order valence-electron chi connectivity index (χ4n) is 2.38. The number of nitriles is 1. The van der Waals surface area contributed by atoms with Crippen LogP contribution in [0, 0.1) is 17.2 Å². The maximum absolute atomic E-state index is 12.8. The zero-order chi connectivity index (χ0) is 15.7. The number of halogens is 3. The number of piperidine rings is 1. The number of allylic oxidation sites excluding steroid dienone is 2. The SMILES string of the molecule is CC1C(=O)CN(C(F)(F)F)CC1OC1(C#N)C=CC=CC1. The van der Waals surface area contributed by atoms with Gasteiger partial charge in [-0.05, 0) is 6.08 Å². The summed E-state index contributed by atoms with van der Waals surface area (Å²) in [7, 11) is 0. The van der Waals surface area contributed by atoms with Crippen LogP contribution in [0.3, 0.4) is 0 Å². The van der Waals surface area contributed by atoms with Crippen LogP contribution in [0.5, 0.6) is 0 Å². The Balaban J connectivity index is 2.17. The number of nitrogens with zero attached hydrogens (tertiary/aromatic N) is 2. The molecule has 1 saturated heterocycles. The fraction of sp³-hybridized carbons (Fsp3) is 0.571. The lowest BCUT2D eigenvalue weighted by Gasteiger charge is -2.39. The second-order valence-electron chi connectivity index (χ2n) is 5.25. The van der Waals surface area contributed by atoms with Gasteiger partial charge in [-0.15, -0.1) is 0 Å². The molecule has 7 heteroatoms. The van der Waals surface area contributed by atoms with Crippen molar-refractivity contribution in [2.75, 3.05) is 13.1 Å². The zero-order valence-corrected chi connectivity index (χ0v) is 11.4. The van der Waals surface area contributed by atoms with E-state index in [1.54, 1.807) is 18.2 Å². The molecule has 1 heterocycles. The Morgan fingerprint density at radius 2 is 2.19 bits per heavy atom. The summed E-state index contributed by atoms with van der Waals surface area (Å²) in [6.07, 6.45) is 1.27. The third-order valence-electron chi connectivity index (χ3n) is 3.76. The van der Waals surface area contributed by atoms with Crippen molar-refractivity contribution >= 4 is 5.78 Å². The van der Waals surface area contributed by atoms with Crippen molar-refractivity contribution in [3.63, 3.8) is 0 Å². The molecule has 0 aromatic carbocycles. The topological polar surface area (TPSA) is 53.3 Å². The summed E-state index contributed by atoms with van der Waals surface area (Å²) >= 11 is 0. The van der Waals surface area contributed by atoms with Crippen LogP contribution in [-0.2, 0) is 9.53 Å². The maximum atomic E-state index is 12.8. The lowest BCUT2D eigenvalue weighted by atomic mass is 9.91. The van der Waals surface area contributed by atoms with Crippen molar-refractivity contribution in [1.82, 2.24) is 4.90 Å². The van der Waals surface area contributed by atoms with E-state index < -0.39 is 42.8 Å². The highest BCUT2D eigenvalue weighted by molar-refractivity contribution is 5.84. The molecule has 3 unspecified atom stereocenters. The Hall–Kier alpha value is -1.65. The van der Waals surface area contributed by atoms with Crippen LogP contribution in [0.4, 0.5) is 13.2 Å². The molecule has 0 amide bonds. The van der Waals surface area contributed by atoms with Crippen molar-refractivity contribution in [3.8, 4) is 6.07 Å². The van der Waals surface area contributed by atoms with E-state index in [-0.39, 0.29) is 11.3 Å². The number of carbonyl (C=O) groups excluding carboxylic acids is 1. The Bertz CT molecular complexity index is 521. The van der Waals surface area contributed by atoms with Crippen LogP contribution in [0.15, 0.2) is 24.3 Å². The first kappa shape index (κ1) is 15.7. The molecule has 21 heavy (non-hydrogen) atoms. The second kappa shape index (κ2) is 5.62. The molecule has 114 valence electrons. The van der Waals surface area contributed by atoms with E-state index >= 15 is 0 Å². The molecular weight excluding hydrogens is 285 g/mol. The summed E-state index contributed by atoms with van der Waals surface area (Å²) in [4.78, 5) is 11.9. The van der Waals surface area contributed by atoms with Gasteiger partial charge in [0, 0.05) is 18.9 Å². The van der Waals surface area contributed by atoms with Gasteiger partial charge in [-0.3, -0.25) is 4.79 Å². The summed E-state index contributed by atoms with van der Waals surface area (Å²) < 4.78 is 44.0. The van der Waals surface area contributed by atoms with E-state index in [2.05, 4.69) is 0 Å². The van der Waals surface area contributed by atoms with Gasteiger partial charge in [0.1, 0.15) is 6.07 Å². The molecule has 0 aromatic rings. The molecule has 0 bridgehead atoms. The van der Waals surface area contributed by atoms with Crippen LogP contribution in [0.2, 0.25) is 0 Å². The molecule has 4 nitrogen and oxygen atoms in total. The van der Waals surface area contributed by atoms with Crippen LogP contribution >= 0.6 is 0 Å². The van der Waals surface area contributed by atoms with Gasteiger partial charge in [0.2, 0.25) is 0 Å². The number of carbonyl (C=O) groups is 1. The van der Waals surface area contributed by atoms with Crippen molar-refractivity contribution in [2.45, 2.75) is 31.3 Å². The largest absolute Gasteiger partial charge is 0.460 e. The van der Waals surface area contributed by atoms with Gasteiger partial charge >= 0.3 is 6.30 Å². The highest BCUT2D eigenvalue weighted by atomic mass is 19.4. The first-order chi connectivity index (χ1) is 9.77. The quantitative estimate of drug-likeness (QED) is 0.734. The molecule has 0 N–H and O–H groups in total. The smallest absolute Gasteiger partial charge is 0.351 e. The van der Waals surface area contributed by atoms with Gasteiger partial charge in [-0.2, -0.15) is 18.4 Å². The average Bonchev–Trinajstić information content (AvgIpc) is 2.43.